The van der Waals surface area contributed by atoms with Crippen LogP contribution >= 0.6 is 20.7 Å². The van der Waals surface area contributed by atoms with Gasteiger partial charge >= 0.3 is 10.8 Å². The molecule has 0 bridgehead atoms. The van der Waals surface area contributed by atoms with E-state index in [4.69, 9.17) is 9.47 Å². The van der Waals surface area contributed by atoms with Crippen molar-refractivity contribution in [3.05, 3.63) is 75.9 Å². The highest BCUT2D eigenvalue weighted by molar-refractivity contribution is 7.69. The second-order valence-corrected chi connectivity index (χ2v) is 8.56. The summed E-state index contributed by atoms with van der Waals surface area (Å²) < 4.78 is 10.8. The van der Waals surface area contributed by atoms with Crippen molar-refractivity contribution < 1.29 is 14.3 Å². The van der Waals surface area contributed by atoms with E-state index in [1.165, 1.54) is 10.3 Å². The Labute approximate surface area is 174 Å². The molecule has 0 amide bonds. The number of nitrogens with zero attached hydrogens (tertiary/aromatic N) is 1. The minimum absolute atomic E-state index is 0.205. The molecule has 0 aliphatic rings. The topological polar surface area (TPSA) is 65.5 Å². The van der Waals surface area contributed by atoms with Gasteiger partial charge in [-0.2, -0.15) is 4.98 Å². The number of ether oxygens (including phenoxy) is 2. The van der Waals surface area contributed by atoms with Crippen LogP contribution in [0.1, 0.15) is 18.4 Å². The molecule has 0 saturated heterocycles. The number of benzene rings is 3. The zero-order valence-corrected chi connectivity index (χ0v) is 17.4. The van der Waals surface area contributed by atoms with Crippen LogP contribution in [0.4, 0.5) is 0 Å². The lowest BCUT2D eigenvalue weighted by Crippen LogP contribution is -2.16. The van der Waals surface area contributed by atoms with E-state index in [0.717, 1.165) is 38.0 Å². The van der Waals surface area contributed by atoms with E-state index in [1.807, 2.05) is 43.3 Å². The average molecular weight is 424 g/mol. The number of hydrogen-bond acceptors (Lipinski definition) is 7. The molecule has 1 heterocycles. The molecule has 0 spiro atoms. The lowest BCUT2D eigenvalue weighted by atomic mass is 9.98. The van der Waals surface area contributed by atoms with E-state index >= 15 is 0 Å². The maximum atomic E-state index is 12.6. The third-order valence-electron chi connectivity index (χ3n) is 4.63. The number of rotatable bonds is 5. The Morgan fingerprint density at radius 3 is 2.31 bits per heavy atom. The number of carbonyl (C=O) groups is 1. The maximum absolute atomic E-state index is 12.6. The van der Waals surface area contributed by atoms with E-state index in [0.29, 0.717) is 10.8 Å². The normalized spacial score (nSPS) is 11.9. The zero-order chi connectivity index (χ0) is 20.4. The van der Waals surface area contributed by atoms with Crippen LogP contribution in [0.3, 0.4) is 0 Å². The van der Waals surface area contributed by atoms with Gasteiger partial charge in [-0.25, -0.2) is 0 Å². The highest BCUT2D eigenvalue weighted by Crippen LogP contribution is 2.28. The molecule has 3 aromatic carbocycles. The summed E-state index contributed by atoms with van der Waals surface area (Å²) in [5.41, 5.74) is 1.71. The third-order valence-corrected chi connectivity index (χ3v) is 6.58. The maximum Gasteiger partial charge on any atom is 0.337 e. The molecule has 0 aliphatic heterocycles. The van der Waals surface area contributed by atoms with E-state index in [-0.39, 0.29) is 10.8 Å². The van der Waals surface area contributed by atoms with Gasteiger partial charge in [-0.1, -0.05) is 34.6 Å². The highest BCUT2D eigenvalue weighted by atomic mass is 32.9. The van der Waals surface area contributed by atoms with Gasteiger partial charge in [0.05, 0.1) is 13.0 Å². The summed E-state index contributed by atoms with van der Waals surface area (Å²) in [7, 11) is 4.07. The first-order valence-corrected chi connectivity index (χ1v) is 11.1. The molecular formula is C22H17NO4S2. The number of aromatic nitrogens is 1. The molecule has 29 heavy (non-hydrogen) atoms. The first-order valence-electron chi connectivity index (χ1n) is 8.90. The van der Waals surface area contributed by atoms with Crippen LogP contribution in [-0.4, -0.2) is 18.1 Å². The number of carbonyl (C=O) groups excluding carboxylic acids is 1. The van der Waals surface area contributed by atoms with Gasteiger partial charge in [0.1, 0.15) is 16.5 Å². The summed E-state index contributed by atoms with van der Waals surface area (Å²) in [6.45, 7) is 1.83. The van der Waals surface area contributed by atoms with Gasteiger partial charge in [0.2, 0.25) is 0 Å². The summed E-state index contributed by atoms with van der Waals surface area (Å²) in [6, 6.07) is 18.7. The van der Waals surface area contributed by atoms with Crippen molar-refractivity contribution >= 4 is 37.4 Å². The van der Waals surface area contributed by atoms with Gasteiger partial charge in [-0.3, -0.25) is 9.59 Å². The summed E-state index contributed by atoms with van der Waals surface area (Å²) >= 11 is 0. The third kappa shape index (κ3) is 4.21. The van der Waals surface area contributed by atoms with E-state index in [9.17, 15) is 9.59 Å². The minimum atomic E-state index is -0.412. The van der Waals surface area contributed by atoms with E-state index < -0.39 is 5.92 Å². The molecule has 146 valence electrons. The second-order valence-electron chi connectivity index (χ2n) is 6.49. The summed E-state index contributed by atoms with van der Waals surface area (Å²) in [6.07, 6.45) is 0. The van der Waals surface area contributed by atoms with Crippen LogP contribution in [0.25, 0.3) is 21.3 Å². The largest absolute Gasteiger partial charge is 0.497 e. The fourth-order valence-electron chi connectivity index (χ4n) is 2.95. The van der Waals surface area contributed by atoms with Crippen molar-refractivity contribution in [2.45, 2.75) is 12.8 Å². The quantitative estimate of drug-likeness (QED) is 0.254. The number of hydrogen-bond donors (Lipinski definition) is 0. The summed E-state index contributed by atoms with van der Waals surface area (Å²) in [4.78, 5) is 27.6. The van der Waals surface area contributed by atoms with Crippen molar-refractivity contribution in [2.24, 2.45) is 0 Å². The van der Waals surface area contributed by atoms with Crippen molar-refractivity contribution in [2.75, 3.05) is 7.11 Å². The Morgan fingerprint density at radius 2 is 1.62 bits per heavy atom. The zero-order valence-electron chi connectivity index (χ0n) is 15.7. The minimum Gasteiger partial charge on any atom is -0.497 e. The first kappa shape index (κ1) is 19.3. The Kier molecular flexibility index (Phi) is 5.42. The molecule has 4 aromatic rings. The molecule has 4 rings (SSSR count). The number of methoxy groups -OCH3 is 1. The molecular weight excluding hydrogens is 406 g/mol. The monoisotopic (exact) mass is 423 g/mol. The van der Waals surface area contributed by atoms with Gasteiger partial charge in [-0.05, 0) is 70.0 Å². The molecule has 0 unspecified atom stereocenters. The van der Waals surface area contributed by atoms with Crippen LogP contribution in [0.2, 0.25) is 0 Å². The fourth-order valence-corrected chi connectivity index (χ4v) is 4.60. The van der Waals surface area contributed by atoms with Crippen molar-refractivity contribution in [1.29, 1.82) is 0 Å². The Bertz CT molecular complexity index is 1230. The van der Waals surface area contributed by atoms with Crippen LogP contribution in [0, 0.1) is 0 Å². The fraction of sp³-hybridized carbons (Fsp3) is 0.136. The van der Waals surface area contributed by atoms with Crippen LogP contribution < -0.4 is 14.3 Å². The second kappa shape index (κ2) is 8.14. The highest BCUT2D eigenvalue weighted by Gasteiger charge is 2.18. The molecule has 5 nitrogen and oxygen atoms in total. The number of esters is 1. The van der Waals surface area contributed by atoms with Gasteiger partial charge < -0.3 is 9.47 Å². The lowest BCUT2D eigenvalue weighted by Gasteiger charge is -2.13. The predicted molar refractivity (Wildman–Crippen MR) is 116 cm³/mol. The Hall–Kier alpha value is -3.03. The molecule has 0 radical (unpaired) electrons. The molecule has 1 aromatic heterocycles. The van der Waals surface area contributed by atoms with Crippen molar-refractivity contribution in [3.8, 4) is 22.1 Å². The molecule has 0 saturated carbocycles. The molecule has 0 aliphatic carbocycles. The summed E-state index contributed by atoms with van der Waals surface area (Å²) in [5.74, 6) is 0.513. The van der Waals surface area contributed by atoms with E-state index in [2.05, 4.69) is 4.98 Å². The van der Waals surface area contributed by atoms with Crippen LogP contribution in [0.15, 0.2) is 65.5 Å². The van der Waals surface area contributed by atoms with Gasteiger partial charge in [0.15, 0.2) is 0 Å². The number of fused-ring (bicyclic) bond motifs is 1. The van der Waals surface area contributed by atoms with Crippen molar-refractivity contribution in [3.63, 3.8) is 0 Å². The summed E-state index contributed by atoms with van der Waals surface area (Å²) in [5, 5.41) is 2.75. The smallest absolute Gasteiger partial charge is 0.337 e. The van der Waals surface area contributed by atoms with Gasteiger partial charge in [0.25, 0.3) is 0 Å². The van der Waals surface area contributed by atoms with Gasteiger partial charge in [-0.15, -0.1) is 0 Å². The SMILES string of the molecule is COc1ccc2cc([C@H](C)C(=O)Oc3ccc(-c4nc(=O)ss4)cc3)ccc2c1. The Balaban J connectivity index is 1.49. The predicted octanol–water partition coefficient (Wildman–Crippen LogP) is 5.10. The Morgan fingerprint density at radius 1 is 0.931 bits per heavy atom. The first-order chi connectivity index (χ1) is 14.0. The van der Waals surface area contributed by atoms with Gasteiger partial charge in [0, 0.05) is 5.56 Å². The molecule has 0 N–H and O–H groups in total. The molecule has 0 fully saturated rings. The molecule has 1 atom stereocenters. The average Bonchev–Trinajstić information content (AvgIpc) is 3.19. The standard InChI is InChI=1S/C22H17NO4S2/c1-13(15-3-4-17-12-19(26-2)10-7-16(17)11-15)21(24)27-18-8-5-14(6-9-18)20-23-22(25)29-28-20/h3-13H,1-2H3/t13-/m0/s1. The van der Waals surface area contributed by atoms with Crippen LogP contribution in [-0.2, 0) is 4.79 Å². The van der Waals surface area contributed by atoms with Crippen LogP contribution in [0.5, 0.6) is 11.5 Å². The molecule has 7 heteroatoms. The lowest BCUT2D eigenvalue weighted by molar-refractivity contribution is -0.135. The van der Waals surface area contributed by atoms with Crippen molar-refractivity contribution in [1.82, 2.24) is 4.98 Å². The van der Waals surface area contributed by atoms with E-state index in [1.54, 1.807) is 31.4 Å².